The summed E-state index contributed by atoms with van der Waals surface area (Å²) in [4.78, 5) is 37.9. The molecule has 2 aliphatic rings. The van der Waals surface area contributed by atoms with Gasteiger partial charge in [-0.05, 0) is 30.9 Å². The Balaban J connectivity index is 1.71. The van der Waals surface area contributed by atoms with Crippen LogP contribution in [0.25, 0.3) is 0 Å². The largest absolute Gasteiger partial charge is 0.325 e. The van der Waals surface area contributed by atoms with Crippen molar-refractivity contribution in [3.8, 4) is 0 Å². The van der Waals surface area contributed by atoms with Crippen LogP contribution in [0, 0.1) is 17.6 Å². The molecule has 1 saturated heterocycles. The quantitative estimate of drug-likeness (QED) is 0.821. The van der Waals surface area contributed by atoms with Crippen LogP contribution in [0.1, 0.15) is 32.6 Å². The number of halogens is 2. The number of amides is 4. The van der Waals surface area contributed by atoms with Gasteiger partial charge in [0, 0.05) is 11.8 Å². The maximum absolute atomic E-state index is 13.2. The third-order valence-corrected chi connectivity index (χ3v) is 4.95. The molecule has 0 bridgehead atoms. The van der Waals surface area contributed by atoms with Crippen molar-refractivity contribution in [1.29, 1.82) is 0 Å². The second kappa shape index (κ2) is 6.42. The molecule has 2 atom stereocenters. The summed E-state index contributed by atoms with van der Waals surface area (Å²) in [5.41, 5.74) is -1.02. The molecule has 2 fully saturated rings. The van der Waals surface area contributed by atoms with Crippen LogP contribution in [0.3, 0.4) is 0 Å². The van der Waals surface area contributed by atoms with Crippen molar-refractivity contribution in [3.63, 3.8) is 0 Å². The normalized spacial score (nSPS) is 26.0. The molecule has 134 valence electrons. The van der Waals surface area contributed by atoms with Gasteiger partial charge in [-0.15, -0.1) is 0 Å². The zero-order valence-electron chi connectivity index (χ0n) is 13.8. The Morgan fingerprint density at radius 2 is 1.96 bits per heavy atom. The van der Waals surface area contributed by atoms with Crippen molar-refractivity contribution < 1.29 is 23.2 Å². The third kappa shape index (κ3) is 3.20. The number of nitrogens with zero attached hydrogens (tertiary/aromatic N) is 1. The SMILES string of the molecule is C[C@@H]1CCCC[C@@]12NC(=O)N(CC(=O)Nc1cc(F)cc(F)c1)C2=O. The number of carbonyl (C=O) groups is 3. The van der Waals surface area contributed by atoms with Crippen LogP contribution in [0.5, 0.6) is 0 Å². The van der Waals surface area contributed by atoms with Crippen molar-refractivity contribution in [1.82, 2.24) is 10.2 Å². The van der Waals surface area contributed by atoms with Gasteiger partial charge in [0.05, 0.1) is 0 Å². The minimum absolute atomic E-state index is 0.0110. The summed E-state index contributed by atoms with van der Waals surface area (Å²) in [5, 5.41) is 5.05. The smallest absolute Gasteiger partial charge is 0.324 e. The Bertz CT molecular complexity index is 720. The molecular weight excluding hydrogens is 332 g/mol. The van der Waals surface area contributed by atoms with E-state index < -0.39 is 41.6 Å². The first kappa shape index (κ1) is 17.3. The summed E-state index contributed by atoms with van der Waals surface area (Å²) in [6, 6.07) is 1.98. The van der Waals surface area contributed by atoms with Crippen LogP contribution in [-0.2, 0) is 9.59 Å². The monoisotopic (exact) mass is 351 g/mol. The number of carbonyl (C=O) groups excluding carboxylic acids is 3. The van der Waals surface area contributed by atoms with Gasteiger partial charge in [0.25, 0.3) is 5.91 Å². The summed E-state index contributed by atoms with van der Waals surface area (Å²) in [7, 11) is 0. The van der Waals surface area contributed by atoms with Gasteiger partial charge in [0.1, 0.15) is 23.7 Å². The first-order valence-corrected chi connectivity index (χ1v) is 8.22. The van der Waals surface area contributed by atoms with E-state index in [2.05, 4.69) is 10.6 Å². The molecule has 0 unspecified atom stereocenters. The Kier molecular flexibility index (Phi) is 4.45. The summed E-state index contributed by atoms with van der Waals surface area (Å²) in [6.07, 6.45) is 3.21. The highest BCUT2D eigenvalue weighted by Gasteiger charge is 2.55. The van der Waals surface area contributed by atoms with Gasteiger partial charge in [-0.25, -0.2) is 13.6 Å². The van der Waals surface area contributed by atoms with Crippen molar-refractivity contribution in [2.24, 2.45) is 5.92 Å². The molecule has 0 radical (unpaired) electrons. The minimum atomic E-state index is -0.944. The lowest BCUT2D eigenvalue weighted by Gasteiger charge is -2.36. The predicted octanol–water partition coefficient (Wildman–Crippen LogP) is 2.40. The summed E-state index contributed by atoms with van der Waals surface area (Å²) < 4.78 is 26.3. The molecule has 6 nitrogen and oxygen atoms in total. The molecule has 8 heteroatoms. The summed E-state index contributed by atoms with van der Waals surface area (Å²) >= 11 is 0. The van der Waals surface area contributed by atoms with E-state index in [1.54, 1.807) is 0 Å². The fourth-order valence-corrected chi connectivity index (χ4v) is 3.61. The van der Waals surface area contributed by atoms with E-state index in [9.17, 15) is 23.2 Å². The summed E-state index contributed by atoms with van der Waals surface area (Å²) in [6.45, 7) is 1.41. The highest BCUT2D eigenvalue weighted by Crippen LogP contribution is 2.38. The van der Waals surface area contributed by atoms with Gasteiger partial charge in [-0.1, -0.05) is 19.8 Å². The fraction of sp³-hybridized carbons (Fsp3) is 0.471. The average molecular weight is 351 g/mol. The fourth-order valence-electron chi connectivity index (χ4n) is 3.61. The van der Waals surface area contributed by atoms with Crippen molar-refractivity contribution >= 4 is 23.5 Å². The average Bonchev–Trinajstić information content (AvgIpc) is 2.74. The van der Waals surface area contributed by atoms with Gasteiger partial charge in [0.2, 0.25) is 5.91 Å². The maximum atomic E-state index is 13.2. The van der Waals surface area contributed by atoms with E-state index in [0.717, 1.165) is 36.3 Å². The number of hydrogen-bond acceptors (Lipinski definition) is 3. The number of benzene rings is 1. The first-order chi connectivity index (χ1) is 11.8. The lowest BCUT2D eigenvalue weighted by molar-refractivity contribution is -0.136. The maximum Gasteiger partial charge on any atom is 0.325 e. The predicted molar refractivity (Wildman–Crippen MR) is 85.6 cm³/mol. The van der Waals surface area contributed by atoms with Crippen LogP contribution in [0.2, 0.25) is 0 Å². The number of nitrogens with one attached hydrogen (secondary N) is 2. The molecule has 1 spiro atoms. The number of urea groups is 1. The van der Waals surface area contributed by atoms with Crippen LogP contribution >= 0.6 is 0 Å². The van der Waals surface area contributed by atoms with E-state index in [4.69, 9.17) is 0 Å². The van der Waals surface area contributed by atoms with Crippen molar-refractivity contribution in [2.75, 3.05) is 11.9 Å². The van der Waals surface area contributed by atoms with Gasteiger partial charge >= 0.3 is 6.03 Å². The molecule has 1 aliphatic carbocycles. The van der Waals surface area contributed by atoms with Gasteiger partial charge in [-0.2, -0.15) is 0 Å². The molecule has 25 heavy (non-hydrogen) atoms. The molecular formula is C17H19F2N3O3. The van der Waals surface area contributed by atoms with Crippen LogP contribution < -0.4 is 10.6 Å². The Morgan fingerprint density at radius 1 is 1.28 bits per heavy atom. The highest BCUT2D eigenvalue weighted by molar-refractivity contribution is 6.10. The molecule has 1 aliphatic heterocycles. The van der Waals surface area contributed by atoms with E-state index in [1.807, 2.05) is 6.92 Å². The molecule has 1 heterocycles. The van der Waals surface area contributed by atoms with E-state index in [0.29, 0.717) is 12.5 Å². The number of anilines is 1. The van der Waals surface area contributed by atoms with Crippen molar-refractivity contribution in [3.05, 3.63) is 29.8 Å². The van der Waals surface area contributed by atoms with Crippen LogP contribution in [0.4, 0.5) is 19.3 Å². The van der Waals surface area contributed by atoms with Gasteiger partial charge in [0.15, 0.2) is 0 Å². The standard InChI is InChI=1S/C17H19F2N3O3/c1-10-4-2-3-5-17(10)15(24)22(16(25)21-17)9-14(23)20-13-7-11(18)6-12(19)8-13/h6-8,10H,2-5,9H2,1H3,(H,20,23)(H,21,25)/t10-,17-/m1/s1. The molecule has 4 amide bonds. The Morgan fingerprint density at radius 3 is 2.60 bits per heavy atom. The topological polar surface area (TPSA) is 78.5 Å². The molecule has 1 saturated carbocycles. The van der Waals surface area contributed by atoms with Crippen molar-refractivity contribution in [2.45, 2.75) is 38.1 Å². The Labute approximate surface area is 143 Å². The number of hydrogen-bond donors (Lipinski definition) is 2. The summed E-state index contributed by atoms with van der Waals surface area (Å²) in [5.74, 6) is -2.79. The second-order valence-corrected chi connectivity index (χ2v) is 6.65. The van der Waals surface area contributed by atoms with Gasteiger partial charge in [-0.3, -0.25) is 14.5 Å². The lowest BCUT2D eigenvalue weighted by Crippen LogP contribution is -2.54. The van der Waals surface area contributed by atoms with E-state index in [-0.39, 0.29) is 11.6 Å². The first-order valence-electron chi connectivity index (χ1n) is 8.22. The zero-order chi connectivity index (χ0) is 18.2. The number of imide groups is 1. The zero-order valence-corrected chi connectivity index (χ0v) is 13.8. The van der Waals surface area contributed by atoms with E-state index >= 15 is 0 Å². The number of rotatable bonds is 3. The third-order valence-electron chi connectivity index (χ3n) is 4.95. The molecule has 2 N–H and O–H groups in total. The molecule has 3 rings (SSSR count). The Hall–Kier alpha value is -2.51. The lowest BCUT2D eigenvalue weighted by atomic mass is 9.73. The molecule has 0 aromatic heterocycles. The molecule has 1 aromatic rings. The second-order valence-electron chi connectivity index (χ2n) is 6.65. The van der Waals surface area contributed by atoms with E-state index in [1.165, 1.54) is 0 Å². The minimum Gasteiger partial charge on any atom is -0.324 e. The highest BCUT2D eigenvalue weighted by atomic mass is 19.1. The van der Waals surface area contributed by atoms with Crippen LogP contribution in [-0.4, -0.2) is 34.8 Å². The molecule has 1 aromatic carbocycles. The van der Waals surface area contributed by atoms with Gasteiger partial charge < -0.3 is 10.6 Å². The van der Waals surface area contributed by atoms with Crippen LogP contribution in [0.15, 0.2) is 18.2 Å².